The van der Waals surface area contributed by atoms with Gasteiger partial charge < -0.3 is 10.1 Å². The van der Waals surface area contributed by atoms with Crippen molar-refractivity contribution < 1.29 is 13.5 Å². The van der Waals surface area contributed by atoms with E-state index in [1.807, 2.05) is 12.1 Å². The van der Waals surface area contributed by atoms with Gasteiger partial charge in [0.25, 0.3) is 0 Å². The van der Waals surface area contributed by atoms with Gasteiger partial charge in [0, 0.05) is 18.3 Å². The van der Waals surface area contributed by atoms with Crippen LogP contribution < -0.4 is 10.1 Å². The molecule has 0 amide bonds. The highest BCUT2D eigenvalue weighted by Crippen LogP contribution is 2.22. The standard InChI is InChI=1S/C15H16F2N2O/c1-2-8-18-14-7-6-11(9-19-14)10-20-15-12(16)4-3-5-13(15)17/h3-7,9H,2,8,10H2,1H3,(H,18,19). The lowest BCUT2D eigenvalue weighted by atomic mass is 10.3. The zero-order chi connectivity index (χ0) is 14.4. The maximum Gasteiger partial charge on any atom is 0.191 e. The highest BCUT2D eigenvalue weighted by atomic mass is 19.1. The minimum atomic E-state index is -0.709. The first-order valence-corrected chi connectivity index (χ1v) is 6.46. The summed E-state index contributed by atoms with van der Waals surface area (Å²) < 4.78 is 31.9. The predicted molar refractivity (Wildman–Crippen MR) is 73.7 cm³/mol. The molecule has 0 saturated heterocycles. The second-order valence-corrected chi connectivity index (χ2v) is 4.32. The smallest absolute Gasteiger partial charge is 0.191 e. The summed E-state index contributed by atoms with van der Waals surface area (Å²) in [5, 5.41) is 3.14. The van der Waals surface area contributed by atoms with E-state index in [0.717, 1.165) is 36.5 Å². The van der Waals surface area contributed by atoms with E-state index >= 15 is 0 Å². The Labute approximate surface area is 116 Å². The van der Waals surface area contributed by atoms with Crippen LogP contribution >= 0.6 is 0 Å². The van der Waals surface area contributed by atoms with Crippen LogP contribution in [0.4, 0.5) is 14.6 Å². The summed E-state index contributed by atoms with van der Waals surface area (Å²) >= 11 is 0. The molecule has 20 heavy (non-hydrogen) atoms. The van der Waals surface area contributed by atoms with Crippen LogP contribution in [0.3, 0.4) is 0 Å². The van der Waals surface area contributed by atoms with Crippen molar-refractivity contribution in [2.24, 2.45) is 0 Å². The number of ether oxygens (including phenoxy) is 1. The van der Waals surface area contributed by atoms with E-state index in [9.17, 15) is 8.78 Å². The molecule has 1 aromatic carbocycles. The first kappa shape index (κ1) is 14.2. The maximum atomic E-state index is 13.4. The predicted octanol–water partition coefficient (Wildman–Crippen LogP) is 3.76. The molecule has 2 aromatic rings. The fraction of sp³-hybridized carbons (Fsp3) is 0.267. The molecule has 0 aliphatic rings. The van der Waals surface area contributed by atoms with Gasteiger partial charge in [0.2, 0.25) is 0 Å². The highest BCUT2D eigenvalue weighted by molar-refractivity contribution is 5.35. The minimum absolute atomic E-state index is 0.0684. The van der Waals surface area contributed by atoms with Crippen LogP contribution in [-0.2, 0) is 6.61 Å². The van der Waals surface area contributed by atoms with Crippen molar-refractivity contribution in [3.63, 3.8) is 0 Å². The molecule has 0 bridgehead atoms. The van der Waals surface area contributed by atoms with Gasteiger partial charge in [-0.25, -0.2) is 13.8 Å². The average molecular weight is 278 g/mol. The van der Waals surface area contributed by atoms with Crippen LogP contribution in [-0.4, -0.2) is 11.5 Å². The number of benzene rings is 1. The molecule has 0 aliphatic heterocycles. The Balaban J connectivity index is 1.97. The Morgan fingerprint density at radius 1 is 1.15 bits per heavy atom. The zero-order valence-electron chi connectivity index (χ0n) is 11.2. The van der Waals surface area contributed by atoms with Crippen LogP contribution in [0.5, 0.6) is 5.75 Å². The monoisotopic (exact) mass is 278 g/mol. The number of nitrogens with zero attached hydrogens (tertiary/aromatic N) is 1. The van der Waals surface area contributed by atoms with Crippen LogP contribution in [0.1, 0.15) is 18.9 Å². The van der Waals surface area contributed by atoms with Crippen molar-refractivity contribution in [2.45, 2.75) is 20.0 Å². The fourth-order valence-corrected chi connectivity index (χ4v) is 1.64. The van der Waals surface area contributed by atoms with Gasteiger partial charge >= 0.3 is 0 Å². The Morgan fingerprint density at radius 3 is 2.50 bits per heavy atom. The third kappa shape index (κ3) is 3.66. The molecule has 0 saturated carbocycles. The zero-order valence-corrected chi connectivity index (χ0v) is 11.2. The molecule has 0 atom stereocenters. The number of para-hydroxylation sites is 1. The second kappa shape index (κ2) is 6.84. The maximum absolute atomic E-state index is 13.4. The summed E-state index contributed by atoms with van der Waals surface area (Å²) in [6.07, 6.45) is 2.63. The Bertz CT molecular complexity index is 538. The van der Waals surface area contributed by atoms with Gasteiger partial charge in [-0.1, -0.05) is 19.1 Å². The molecular formula is C15H16F2N2O. The van der Waals surface area contributed by atoms with E-state index in [1.165, 1.54) is 6.07 Å². The molecule has 0 radical (unpaired) electrons. The third-order valence-corrected chi connectivity index (χ3v) is 2.68. The topological polar surface area (TPSA) is 34.1 Å². The Morgan fingerprint density at radius 2 is 1.90 bits per heavy atom. The molecular weight excluding hydrogens is 262 g/mol. The first-order valence-electron chi connectivity index (χ1n) is 6.46. The number of hydrogen-bond donors (Lipinski definition) is 1. The second-order valence-electron chi connectivity index (χ2n) is 4.32. The summed E-state index contributed by atoms with van der Waals surface area (Å²) in [5.41, 5.74) is 0.745. The summed E-state index contributed by atoms with van der Waals surface area (Å²) in [6.45, 7) is 2.99. The SMILES string of the molecule is CCCNc1ccc(COc2c(F)cccc2F)cn1. The molecule has 3 nitrogen and oxygen atoms in total. The molecule has 0 fully saturated rings. The lowest BCUT2D eigenvalue weighted by Crippen LogP contribution is -2.03. The van der Waals surface area contributed by atoms with Crippen molar-refractivity contribution >= 4 is 5.82 Å². The molecule has 106 valence electrons. The number of hydrogen-bond acceptors (Lipinski definition) is 3. The van der Waals surface area contributed by atoms with Gasteiger partial charge in [-0.05, 0) is 24.6 Å². The molecule has 1 heterocycles. The van der Waals surface area contributed by atoms with E-state index in [-0.39, 0.29) is 12.4 Å². The molecule has 1 aromatic heterocycles. The quantitative estimate of drug-likeness (QED) is 0.873. The summed E-state index contributed by atoms with van der Waals surface area (Å²) in [6, 6.07) is 7.24. The molecule has 1 N–H and O–H groups in total. The first-order chi connectivity index (χ1) is 9.70. The highest BCUT2D eigenvalue weighted by Gasteiger charge is 2.09. The van der Waals surface area contributed by atoms with Crippen molar-refractivity contribution in [3.05, 3.63) is 53.7 Å². The normalized spacial score (nSPS) is 10.3. The fourth-order valence-electron chi connectivity index (χ4n) is 1.64. The molecule has 0 unspecified atom stereocenters. The summed E-state index contributed by atoms with van der Waals surface area (Å²) in [4.78, 5) is 4.19. The number of aromatic nitrogens is 1. The molecule has 5 heteroatoms. The summed E-state index contributed by atoms with van der Waals surface area (Å²) in [5.74, 6) is -1.01. The van der Waals surface area contributed by atoms with Crippen molar-refractivity contribution in [1.29, 1.82) is 0 Å². The van der Waals surface area contributed by atoms with Crippen LogP contribution in [0.25, 0.3) is 0 Å². The lowest BCUT2D eigenvalue weighted by Gasteiger charge is -2.09. The van der Waals surface area contributed by atoms with Crippen molar-refractivity contribution in [3.8, 4) is 5.75 Å². The van der Waals surface area contributed by atoms with Gasteiger partial charge in [0.05, 0.1) is 0 Å². The molecule has 0 aliphatic carbocycles. The number of pyridine rings is 1. The average Bonchev–Trinajstić information content (AvgIpc) is 2.46. The summed E-state index contributed by atoms with van der Waals surface area (Å²) in [7, 11) is 0. The van der Waals surface area contributed by atoms with Gasteiger partial charge in [-0.15, -0.1) is 0 Å². The largest absolute Gasteiger partial charge is 0.483 e. The number of halogens is 2. The lowest BCUT2D eigenvalue weighted by molar-refractivity contribution is 0.274. The third-order valence-electron chi connectivity index (χ3n) is 2.68. The minimum Gasteiger partial charge on any atom is -0.483 e. The van der Waals surface area contributed by atoms with E-state index < -0.39 is 11.6 Å². The van der Waals surface area contributed by atoms with E-state index in [2.05, 4.69) is 17.2 Å². The van der Waals surface area contributed by atoms with Crippen LogP contribution in [0.15, 0.2) is 36.5 Å². The van der Waals surface area contributed by atoms with E-state index in [1.54, 1.807) is 6.20 Å². The van der Waals surface area contributed by atoms with Crippen molar-refractivity contribution in [1.82, 2.24) is 4.98 Å². The molecule has 0 spiro atoms. The van der Waals surface area contributed by atoms with Crippen LogP contribution in [0.2, 0.25) is 0 Å². The van der Waals surface area contributed by atoms with Gasteiger partial charge in [-0.2, -0.15) is 0 Å². The Kier molecular flexibility index (Phi) is 4.87. The molecule has 2 rings (SSSR count). The van der Waals surface area contributed by atoms with Gasteiger partial charge in [-0.3, -0.25) is 0 Å². The van der Waals surface area contributed by atoms with Crippen LogP contribution in [0, 0.1) is 11.6 Å². The van der Waals surface area contributed by atoms with Gasteiger partial charge in [0.15, 0.2) is 17.4 Å². The number of anilines is 1. The van der Waals surface area contributed by atoms with Gasteiger partial charge in [0.1, 0.15) is 12.4 Å². The number of rotatable bonds is 6. The van der Waals surface area contributed by atoms with Crippen molar-refractivity contribution in [2.75, 3.05) is 11.9 Å². The van der Waals surface area contributed by atoms with E-state index in [4.69, 9.17) is 4.74 Å². The number of nitrogens with one attached hydrogen (secondary N) is 1. The Hall–Kier alpha value is -2.17. The van der Waals surface area contributed by atoms with E-state index in [0.29, 0.717) is 0 Å².